The molecule has 4 heterocycles. The molecule has 0 bridgehead atoms. The number of hydrogen-bond acceptors (Lipinski definition) is 8. The summed E-state index contributed by atoms with van der Waals surface area (Å²) < 4.78 is 43.4. The summed E-state index contributed by atoms with van der Waals surface area (Å²) in [6.07, 6.45) is 3.12. The third kappa shape index (κ3) is 7.13. The summed E-state index contributed by atoms with van der Waals surface area (Å²) in [6.45, 7) is 6.05. The van der Waals surface area contributed by atoms with E-state index < -0.39 is 40.8 Å². The molecule has 1 saturated heterocycles. The number of hydrogen-bond donors (Lipinski definition) is 2. The number of pyridine rings is 1. The molecule has 2 N–H and O–H groups in total. The third-order valence-corrected chi connectivity index (χ3v) is 7.84. The fraction of sp³-hybridized carbons (Fsp3) is 0.242. The van der Waals surface area contributed by atoms with Crippen LogP contribution in [0.1, 0.15) is 19.9 Å². The maximum absolute atomic E-state index is 15.3. The van der Waals surface area contributed by atoms with Gasteiger partial charge in [-0.25, -0.2) is 32.2 Å². The second-order valence-corrected chi connectivity index (χ2v) is 11.6. The van der Waals surface area contributed by atoms with Crippen LogP contribution in [-0.4, -0.2) is 73.9 Å². The molecule has 6 rings (SSSR count). The van der Waals surface area contributed by atoms with Crippen molar-refractivity contribution >= 4 is 29.0 Å². The fourth-order valence-electron chi connectivity index (χ4n) is 5.19. The minimum absolute atomic E-state index is 0.0198. The number of carbonyl (C=O) groups excluding carboxylic acids is 2. The summed E-state index contributed by atoms with van der Waals surface area (Å²) in [5.74, 6) is -1.86. The highest BCUT2D eigenvalue weighted by atomic mass is 19.1. The van der Waals surface area contributed by atoms with Gasteiger partial charge in [-0.15, -0.1) is 0 Å². The molecular weight excluding hydrogens is 642 g/mol. The second kappa shape index (κ2) is 13.6. The van der Waals surface area contributed by atoms with Crippen LogP contribution in [0.3, 0.4) is 0 Å². The molecule has 0 saturated carbocycles. The first kappa shape index (κ1) is 32.9. The number of anilines is 2. The number of piperazine rings is 1. The molecule has 0 spiro atoms. The standard InChI is InChI=1S/C33H32F2N8O6/c1-20(2)41-19-29(30(44)43(33(41)47)24-7-4-21(34)5-8-24)49-32(46)38-22-6-9-27(25(35)16-22)48-28-17-23(18-42-26(28)10-11-36-42)37-31(45)40-14-12-39(3)13-15-40/h4-11,16-20H,12-15H2,1-3H3,(H,37,45)(H,38,46). The lowest BCUT2D eigenvalue weighted by molar-refractivity contribution is 0.164. The molecule has 3 amide bonds. The highest BCUT2D eigenvalue weighted by Gasteiger charge is 2.21. The van der Waals surface area contributed by atoms with Crippen LogP contribution in [0.4, 0.5) is 29.7 Å². The molecule has 5 aromatic rings. The summed E-state index contributed by atoms with van der Waals surface area (Å²) in [5, 5.41) is 9.42. The third-order valence-electron chi connectivity index (χ3n) is 7.84. The van der Waals surface area contributed by atoms with Crippen molar-refractivity contribution in [3.63, 3.8) is 0 Å². The number of benzene rings is 2. The molecule has 254 valence electrons. The van der Waals surface area contributed by atoms with Crippen molar-refractivity contribution in [2.45, 2.75) is 19.9 Å². The number of aromatic nitrogens is 4. The maximum Gasteiger partial charge on any atom is 0.417 e. The molecule has 0 radical (unpaired) electrons. The normalized spacial score (nSPS) is 13.5. The first-order valence-electron chi connectivity index (χ1n) is 15.3. The van der Waals surface area contributed by atoms with E-state index in [0.717, 1.165) is 42.1 Å². The Balaban J connectivity index is 1.18. The Hall–Kier alpha value is -6.03. The predicted molar refractivity (Wildman–Crippen MR) is 176 cm³/mol. The molecule has 1 aliphatic rings. The van der Waals surface area contributed by atoms with Gasteiger partial charge in [0.15, 0.2) is 17.3 Å². The zero-order valence-electron chi connectivity index (χ0n) is 26.7. The average Bonchev–Trinajstić information content (AvgIpc) is 3.54. The van der Waals surface area contributed by atoms with Crippen LogP contribution in [0.5, 0.6) is 17.2 Å². The number of likely N-dealkylation sites (N-methyl/N-ethyl adjacent to an activating group) is 1. The number of nitrogens with one attached hydrogen (secondary N) is 2. The summed E-state index contributed by atoms with van der Waals surface area (Å²) >= 11 is 0. The quantitative estimate of drug-likeness (QED) is 0.253. The lowest BCUT2D eigenvalue weighted by Gasteiger charge is -2.32. The van der Waals surface area contributed by atoms with E-state index in [1.807, 2.05) is 7.05 Å². The van der Waals surface area contributed by atoms with Crippen LogP contribution in [0.15, 0.2) is 82.8 Å². The van der Waals surface area contributed by atoms with E-state index in [9.17, 15) is 23.6 Å². The smallest absolute Gasteiger partial charge is 0.417 e. The van der Waals surface area contributed by atoms with E-state index in [1.54, 1.807) is 37.1 Å². The maximum atomic E-state index is 15.3. The van der Waals surface area contributed by atoms with Crippen LogP contribution in [-0.2, 0) is 0 Å². The van der Waals surface area contributed by atoms with Gasteiger partial charge in [-0.2, -0.15) is 5.10 Å². The molecule has 14 nitrogen and oxygen atoms in total. The Morgan fingerprint density at radius 2 is 1.59 bits per heavy atom. The van der Waals surface area contributed by atoms with Gasteiger partial charge in [0, 0.05) is 50.0 Å². The van der Waals surface area contributed by atoms with Crippen molar-refractivity contribution in [1.29, 1.82) is 0 Å². The van der Waals surface area contributed by atoms with Gasteiger partial charge in [-0.05, 0) is 63.4 Å². The Bertz CT molecular complexity index is 2150. The molecular formula is C33H32F2N8O6. The van der Waals surface area contributed by atoms with E-state index in [0.29, 0.717) is 24.3 Å². The summed E-state index contributed by atoms with van der Waals surface area (Å²) in [6, 6.07) is 10.8. The Kier molecular flexibility index (Phi) is 9.13. The number of nitrogens with zero attached hydrogens (tertiary/aromatic N) is 6. The average molecular weight is 675 g/mol. The zero-order chi connectivity index (χ0) is 34.8. The van der Waals surface area contributed by atoms with Crippen molar-refractivity contribution in [3.8, 4) is 22.9 Å². The molecule has 16 heteroatoms. The minimum atomic E-state index is -1.13. The first-order valence-corrected chi connectivity index (χ1v) is 15.3. The van der Waals surface area contributed by atoms with Gasteiger partial charge in [0.05, 0.1) is 30.0 Å². The second-order valence-electron chi connectivity index (χ2n) is 11.6. The van der Waals surface area contributed by atoms with Gasteiger partial charge in [0.2, 0.25) is 5.75 Å². The predicted octanol–water partition coefficient (Wildman–Crippen LogP) is 4.69. The van der Waals surface area contributed by atoms with E-state index in [1.165, 1.54) is 39.5 Å². The molecule has 1 fully saturated rings. The fourth-order valence-corrected chi connectivity index (χ4v) is 5.19. The van der Waals surface area contributed by atoms with Crippen LogP contribution in [0, 0.1) is 11.6 Å². The largest absolute Gasteiger partial charge is 0.452 e. The van der Waals surface area contributed by atoms with Crippen molar-refractivity contribution in [2.24, 2.45) is 0 Å². The van der Waals surface area contributed by atoms with Gasteiger partial charge >= 0.3 is 23.4 Å². The molecule has 3 aromatic heterocycles. The van der Waals surface area contributed by atoms with Crippen molar-refractivity contribution in [1.82, 2.24) is 28.5 Å². The van der Waals surface area contributed by atoms with Gasteiger partial charge in [-0.3, -0.25) is 14.7 Å². The zero-order valence-corrected chi connectivity index (χ0v) is 26.7. The first-order chi connectivity index (χ1) is 23.5. The number of halogens is 2. The number of rotatable bonds is 7. The van der Waals surface area contributed by atoms with Crippen LogP contribution in [0.2, 0.25) is 0 Å². The minimum Gasteiger partial charge on any atom is -0.452 e. The highest BCUT2D eigenvalue weighted by molar-refractivity contribution is 5.90. The number of amides is 3. The molecule has 0 aliphatic carbocycles. The number of ether oxygens (including phenoxy) is 2. The molecule has 1 aliphatic heterocycles. The van der Waals surface area contributed by atoms with Gasteiger partial charge in [-0.1, -0.05) is 0 Å². The SMILES string of the molecule is CC(C)n1cc(OC(=O)Nc2ccc(Oc3cc(NC(=O)N4CCN(C)CC4)cn4nccc34)c(F)c2)c(=O)n(-c2ccc(F)cc2)c1=O. The summed E-state index contributed by atoms with van der Waals surface area (Å²) in [4.78, 5) is 55.8. The lowest BCUT2D eigenvalue weighted by Crippen LogP contribution is -2.48. The summed E-state index contributed by atoms with van der Waals surface area (Å²) in [5.41, 5.74) is -0.713. The number of carbonyl (C=O) groups is 2. The lowest BCUT2D eigenvalue weighted by atomic mass is 10.2. The molecule has 2 aromatic carbocycles. The Morgan fingerprint density at radius 1 is 0.857 bits per heavy atom. The molecule has 0 unspecified atom stereocenters. The van der Waals surface area contributed by atoms with Crippen LogP contribution in [0.25, 0.3) is 11.2 Å². The number of urea groups is 1. The summed E-state index contributed by atoms with van der Waals surface area (Å²) in [7, 11) is 1.99. The van der Waals surface area contributed by atoms with Gasteiger partial charge in [0.1, 0.15) is 11.3 Å². The van der Waals surface area contributed by atoms with Crippen molar-refractivity contribution in [3.05, 3.63) is 106 Å². The highest BCUT2D eigenvalue weighted by Crippen LogP contribution is 2.32. The topological polar surface area (TPSA) is 144 Å². The van der Waals surface area contributed by atoms with Gasteiger partial charge < -0.3 is 24.6 Å². The van der Waals surface area contributed by atoms with E-state index in [2.05, 4.69) is 20.6 Å². The van der Waals surface area contributed by atoms with Crippen molar-refractivity contribution < 1.29 is 27.8 Å². The van der Waals surface area contributed by atoms with E-state index >= 15 is 4.39 Å². The number of fused-ring (bicyclic) bond motifs is 1. The van der Waals surface area contributed by atoms with Crippen LogP contribution < -0.4 is 31.4 Å². The van der Waals surface area contributed by atoms with Crippen LogP contribution >= 0.6 is 0 Å². The Labute approximate surface area is 277 Å². The van der Waals surface area contributed by atoms with E-state index in [-0.39, 0.29) is 28.9 Å². The Morgan fingerprint density at radius 3 is 2.29 bits per heavy atom. The van der Waals surface area contributed by atoms with Gasteiger partial charge in [0.25, 0.3) is 0 Å². The van der Waals surface area contributed by atoms with E-state index in [4.69, 9.17) is 9.47 Å². The monoisotopic (exact) mass is 674 g/mol. The molecule has 49 heavy (non-hydrogen) atoms. The van der Waals surface area contributed by atoms with Crippen molar-refractivity contribution in [2.75, 3.05) is 43.9 Å². The molecule has 0 atom stereocenters.